The number of carboxylic acid groups (broad SMARTS) is 1. The van der Waals surface area contributed by atoms with Gasteiger partial charge in [0.2, 0.25) is 0 Å². The summed E-state index contributed by atoms with van der Waals surface area (Å²) < 4.78 is 13.2. The Bertz CT molecular complexity index is 516. The Labute approximate surface area is 121 Å². The van der Waals surface area contributed by atoms with E-state index in [1.165, 1.54) is 23.9 Å². The Balaban J connectivity index is 1.73. The molecule has 0 heterocycles. The number of nitrogens with one attached hydrogen (secondary N) is 1. The summed E-state index contributed by atoms with van der Waals surface area (Å²) >= 11 is 1.42. The second kappa shape index (κ2) is 5.37. The maximum atomic E-state index is 13.2. The molecule has 0 aliphatic heterocycles. The molecule has 2 fully saturated rings. The highest BCUT2D eigenvalue weighted by Crippen LogP contribution is 2.44. The number of hydrogen-bond acceptors (Lipinski definition) is 3. The van der Waals surface area contributed by atoms with Crippen LogP contribution in [0.1, 0.15) is 25.7 Å². The molecule has 2 aliphatic carbocycles. The van der Waals surface area contributed by atoms with Crippen molar-refractivity contribution in [3.63, 3.8) is 0 Å². The van der Waals surface area contributed by atoms with Crippen LogP contribution in [0.25, 0.3) is 0 Å². The molecule has 0 saturated heterocycles. The van der Waals surface area contributed by atoms with Gasteiger partial charge < -0.3 is 5.11 Å². The molecule has 1 aromatic rings. The van der Waals surface area contributed by atoms with Crippen LogP contribution in [0.5, 0.6) is 0 Å². The Morgan fingerprint density at radius 1 is 1.40 bits per heavy atom. The molecule has 108 valence electrons. The lowest BCUT2D eigenvalue weighted by atomic mass is 9.95. The van der Waals surface area contributed by atoms with Gasteiger partial charge in [0.1, 0.15) is 11.4 Å². The molecule has 3 rings (SSSR count). The molecule has 1 unspecified atom stereocenters. The van der Waals surface area contributed by atoms with Crippen molar-refractivity contribution in [3.05, 3.63) is 30.1 Å². The summed E-state index contributed by atoms with van der Waals surface area (Å²) in [4.78, 5) is 12.6. The molecule has 0 amide bonds. The molecule has 0 aromatic heterocycles. The Kier molecular flexibility index (Phi) is 3.73. The van der Waals surface area contributed by atoms with Crippen LogP contribution >= 0.6 is 11.8 Å². The van der Waals surface area contributed by atoms with Gasteiger partial charge in [-0.3, -0.25) is 10.1 Å². The van der Waals surface area contributed by atoms with Crippen LogP contribution in [0.2, 0.25) is 0 Å². The first kappa shape index (κ1) is 13.9. The highest BCUT2D eigenvalue weighted by Gasteiger charge is 2.53. The first-order valence-corrected chi connectivity index (χ1v) is 7.98. The van der Waals surface area contributed by atoms with E-state index in [0.717, 1.165) is 30.6 Å². The van der Waals surface area contributed by atoms with Crippen molar-refractivity contribution in [2.45, 2.75) is 42.2 Å². The van der Waals surface area contributed by atoms with Gasteiger partial charge in [-0.15, -0.1) is 11.8 Å². The molecule has 0 spiro atoms. The Morgan fingerprint density at radius 2 is 2.15 bits per heavy atom. The molecule has 2 N–H and O–H groups in total. The van der Waals surface area contributed by atoms with Crippen molar-refractivity contribution >= 4 is 17.7 Å². The number of carbonyl (C=O) groups is 1. The molecule has 3 nitrogen and oxygen atoms in total. The van der Waals surface area contributed by atoms with Crippen LogP contribution in [0.4, 0.5) is 4.39 Å². The lowest BCUT2D eigenvalue weighted by Gasteiger charge is -2.30. The number of carboxylic acids is 1. The van der Waals surface area contributed by atoms with Gasteiger partial charge >= 0.3 is 5.97 Å². The van der Waals surface area contributed by atoms with E-state index in [-0.39, 0.29) is 11.7 Å². The van der Waals surface area contributed by atoms with Gasteiger partial charge in [-0.05, 0) is 49.8 Å². The van der Waals surface area contributed by atoms with Crippen LogP contribution in [0, 0.1) is 11.7 Å². The lowest BCUT2D eigenvalue weighted by Crippen LogP contribution is -2.57. The van der Waals surface area contributed by atoms with Gasteiger partial charge in [-0.2, -0.15) is 0 Å². The Hall–Kier alpha value is -1.07. The average molecular weight is 295 g/mol. The zero-order valence-electron chi connectivity index (χ0n) is 11.1. The van der Waals surface area contributed by atoms with E-state index in [9.17, 15) is 14.3 Å². The molecule has 2 aliphatic rings. The maximum Gasteiger partial charge on any atom is 0.325 e. The zero-order chi connectivity index (χ0) is 14.2. The molecular weight excluding hydrogens is 277 g/mol. The van der Waals surface area contributed by atoms with Crippen molar-refractivity contribution in [2.24, 2.45) is 5.92 Å². The molecular formula is C15H18FNO2S. The topological polar surface area (TPSA) is 49.3 Å². The highest BCUT2D eigenvalue weighted by atomic mass is 32.2. The van der Waals surface area contributed by atoms with Crippen LogP contribution in [0.15, 0.2) is 29.2 Å². The lowest BCUT2D eigenvalue weighted by molar-refractivity contribution is -0.145. The average Bonchev–Trinajstić information content (AvgIpc) is 3.26. The van der Waals surface area contributed by atoms with Crippen molar-refractivity contribution < 1.29 is 14.3 Å². The normalized spacial score (nSPS) is 21.4. The summed E-state index contributed by atoms with van der Waals surface area (Å²) in [5, 5.41) is 13.0. The number of hydrogen-bond donors (Lipinski definition) is 2. The zero-order valence-corrected chi connectivity index (χ0v) is 12.0. The third-order valence-corrected chi connectivity index (χ3v) is 5.14. The third-order valence-electron chi connectivity index (χ3n) is 3.96. The van der Waals surface area contributed by atoms with Gasteiger partial charge in [0.25, 0.3) is 0 Å². The standard InChI is InChI=1S/C15H18FNO2S/c16-11-2-1-3-13(8-11)20-9-15(14(18)19,10-4-5-10)17-12-6-7-12/h1-3,8,10,12,17H,4-7,9H2,(H,18,19). The van der Waals surface area contributed by atoms with Crippen molar-refractivity contribution in [1.29, 1.82) is 0 Å². The fourth-order valence-corrected chi connectivity index (χ4v) is 3.71. The van der Waals surface area contributed by atoms with Gasteiger partial charge in [-0.25, -0.2) is 4.39 Å². The number of thioether (sulfide) groups is 1. The smallest absolute Gasteiger partial charge is 0.325 e. The summed E-state index contributed by atoms with van der Waals surface area (Å²) in [6.45, 7) is 0. The maximum absolute atomic E-state index is 13.2. The predicted molar refractivity (Wildman–Crippen MR) is 76.4 cm³/mol. The van der Waals surface area contributed by atoms with Crippen molar-refractivity contribution in [3.8, 4) is 0 Å². The minimum Gasteiger partial charge on any atom is -0.480 e. The van der Waals surface area contributed by atoms with Crippen LogP contribution in [0.3, 0.4) is 0 Å². The SMILES string of the molecule is O=C(O)C(CSc1cccc(F)c1)(NC1CC1)C1CC1. The number of rotatable bonds is 7. The second-order valence-corrected chi connectivity index (χ2v) is 6.76. The first-order chi connectivity index (χ1) is 9.60. The fraction of sp³-hybridized carbons (Fsp3) is 0.533. The summed E-state index contributed by atoms with van der Waals surface area (Å²) in [5.41, 5.74) is -0.849. The largest absolute Gasteiger partial charge is 0.480 e. The van der Waals surface area contributed by atoms with Crippen molar-refractivity contribution in [2.75, 3.05) is 5.75 Å². The Morgan fingerprint density at radius 3 is 2.70 bits per heavy atom. The molecule has 5 heteroatoms. The number of halogens is 1. The van der Waals surface area contributed by atoms with Crippen LogP contribution in [-0.4, -0.2) is 28.4 Å². The van der Waals surface area contributed by atoms with E-state index in [1.54, 1.807) is 6.07 Å². The summed E-state index contributed by atoms with van der Waals surface area (Å²) in [5.74, 6) is -0.387. The summed E-state index contributed by atoms with van der Waals surface area (Å²) in [6.07, 6.45) is 4.06. The van der Waals surface area contributed by atoms with Crippen LogP contribution < -0.4 is 5.32 Å². The molecule has 1 aromatic carbocycles. The van der Waals surface area contributed by atoms with Gasteiger partial charge in [0.05, 0.1) is 0 Å². The minimum absolute atomic E-state index is 0.210. The van der Waals surface area contributed by atoms with Gasteiger partial charge in [0, 0.05) is 16.7 Å². The molecule has 1 atom stereocenters. The van der Waals surface area contributed by atoms with Crippen LogP contribution in [-0.2, 0) is 4.79 Å². The van der Waals surface area contributed by atoms with E-state index in [1.807, 2.05) is 6.07 Å². The second-order valence-electron chi connectivity index (χ2n) is 5.72. The third kappa shape index (κ3) is 2.99. The number of aliphatic carboxylic acids is 1. The summed E-state index contributed by atoms with van der Waals surface area (Å²) in [7, 11) is 0. The molecule has 0 bridgehead atoms. The number of benzene rings is 1. The highest BCUT2D eigenvalue weighted by molar-refractivity contribution is 7.99. The fourth-order valence-electron chi connectivity index (χ4n) is 2.50. The van der Waals surface area contributed by atoms with Gasteiger partial charge in [0.15, 0.2) is 0 Å². The van der Waals surface area contributed by atoms with Gasteiger partial charge in [-0.1, -0.05) is 6.07 Å². The molecule has 20 heavy (non-hydrogen) atoms. The quantitative estimate of drug-likeness (QED) is 0.759. The molecule has 0 radical (unpaired) electrons. The summed E-state index contributed by atoms with van der Waals surface area (Å²) in [6, 6.07) is 6.69. The van der Waals surface area contributed by atoms with E-state index < -0.39 is 11.5 Å². The van der Waals surface area contributed by atoms with E-state index >= 15 is 0 Å². The van der Waals surface area contributed by atoms with Crippen molar-refractivity contribution in [1.82, 2.24) is 5.32 Å². The van der Waals surface area contributed by atoms with E-state index in [4.69, 9.17) is 0 Å². The predicted octanol–water partition coefficient (Wildman–Crippen LogP) is 2.90. The molecule has 2 saturated carbocycles. The first-order valence-electron chi connectivity index (χ1n) is 6.99. The van der Waals surface area contributed by atoms with E-state index in [0.29, 0.717) is 11.8 Å². The van der Waals surface area contributed by atoms with E-state index in [2.05, 4.69) is 5.32 Å². The minimum atomic E-state index is -0.849. The monoisotopic (exact) mass is 295 g/mol.